The van der Waals surface area contributed by atoms with Crippen molar-refractivity contribution in [1.29, 1.82) is 0 Å². The van der Waals surface area contributed by atoms with Gasteiger partial charge in [0, 0.05) is 24.7 Å². The lowest BCUT2D eigenvalue weighted by molar-refractivity contribution is 0.414. The van der Waals surface area contributed by atoms with Gasteiger partial charge in [0.1, 0.15) is 11.6 Å². The van der Waals surface area contributed by atoms with Crippen molar-refractivity contribution >= 4 is 17.6 Å². The van der Waals surface area contributed by atoms with Gasteiger partial charge in [-0.2, -0.15) is 15.0 Å². The highest BCUT2D eigenvalue weighted by Crippen LogP contribution is 2.29. The van der Waals surface area contributed by atoms with Gasteiger partial charge in [-0.1, -0.05) is 0 Å². The fraction of sp³-hybridized carbons (Fsp3) is 0.400. The first-order valence-electron chi connectivity index (χ1n) is 7.31. The van der Waals surface area contributed by atoms with E-state index in [9.17, 15) is 0 Å². The lowest BCUT2D eigenvalue weighted by atomic mass is 9.95. The monoisotopic (exact) mass is 300 g/mol. The van der Waals surface area contributed by atoms with Crippen molar-refractivity contribution in [2.24, 2.45) is 0 Å². The second-order valence-electron chi connectivity index (χ2n) is 5.37. The zero-order valence-electron chi connectivity index (χ0n) is 12.6. The van der Waals surface area contributed by atoms with Crippen LogP contribution in [0.1, 0.15) is 24.6 Å². The molecule has 1 aliphatic heterocycles. The Kier molecular flexibility index (Phi) is 3.95. The SMILES string of the molecule is COc1ccc(N2CCC(c3nc(N)nc(N)n3)CC2)cc1. The minimum absolute atomic E-state index is 0.195. The van der Waals surface area contributed by atoms with Crippen LogP contribution in [0.4, 0.5) is 17.6 Å². The van der Waals surface area contributed by atoms with Crippen LogP contribution in [0.15, 0.2) is 24.3 Å². The van der Waals surface area contributed by atoms with Gasteiger partial charge in [0.25, 0.3) is 0 Å². The Morgan fingerprint density at radius 1 is 1.00 bits per heavy atom. The quantitative estimate of drug-likeness (QED) is 0.883. The zero-order valence-corrected chi connectivity index (χ0v) is 12.6. The molecule has 7 nitrogen and oxygen atoms in total. The summed E-state index contributed by atoms with van der Waals surface area (Å²) in [5.74, 6) is 2.25. The van der Waals surface area contributed by atoms with E-state index >= 15 is 0 Å². The topological polar surface area (TPSA) is 103 Å². The van der Waals surface area contributed by atoms with Crippen LogP contribution in [0.5, 0.6) is 5.75 Å². The summed E-state index contributed by atoms with van der Waals surface area (Å²) in [5, 5.41) is 0. The van der Waals surface area contributed by atoms with Crippen LogP contribution in [0.25, 0.3) is 0 Å². The van der Waals surface area contributed by atoms with Crippen molar-refractivity contribution in [3.05, 3.63) is 30.1 Å². The van der Waals surface area contributed by atoms with Gasteiger partial charge in [-0.25, -0.2) is 0 Å². The van der Waals surface area contributed by atoms with E-state index in [-0.39, 0.29) is 17.8 Å². The van der Waals surface area contributed by atoms with Crippen LogP contribution in [0.2, 0.25) is 0 Å². The third kappa shape index (κ3) is 3.03. The van der Waals surface area contributed by atoms with Crippen molar-refractivity contribution in [3.8, 4) is 5.75 Å². The molecule has 0 amide bonds. The van der Waals surface area contributed by atoms with Crippen molar-refractivity contribution in [1.82, 2.24) is 15.0 Å². The fourth-order valence-electron chi connectivity index (χ4n) is 2.80. The van der Waals surface area contributed by atoms with E-state index in [4.69, 9.17) is 16.2 Å². The van der Waals surface area contributed by atoms with Gasteiger partial charge in [-0.05, 0) is 37.1 Å². The molecule has 0 aliphatic carbocycles. The number of rotatable bonds is 3. The van der Waals surface area contributed by atoms with Crippen LogP contribution in [0.3, 0.4) is 0 Å². The summed E-state index contributed by atoms with van der Waals surface area (Å²) in [6, 6.07) is 8.12. The maximum atomic E-state index is 5.65. The predicted molar refractivity (Wildman–Crippen MR) is 85.8 cm³/mol. The molecule has 0 unspecified atom stereocenters. The summed E-state index contributed by atoms with van der Waals surface area (Å²) in [7, 11) is 1.67. The molecule has 2 aromatic rings. The van der Waals surface area contributed by atoms with Gasteiger partial charge < -0.3 is 21.1 Å². The van der Waals surface area contributed by atoms with Gasteiger partial charge in [0.2, 0.25) is 11.9 Å². The molecule has 2 heterocycles. The highest BCUT2D eigenvalue weighted by Gasteiger charge is 2.23. The normalized spacial score (nSPS) is 15.8. The number of piperidine rings is 1. The van der Waals surface area contributed by atoms with E-state index in [1.165, 1.54) is 5.69 Å². The minimum atomic E-state index is 0.195. The number of nitrogen functional groups attached to an aromatic ring is 2. The minimum Gasteiger partial charge on any atom is -0.497 e. The number of nitrogens with two attached hydrogens (primary N) is 2. The molecular weight excluding hydrogens is 280 g/mol. The lowest BCUT2D eigenvalue weighted by Crippen LogP contribution is -2.33. The highest BCUT2D eigenvalue weighted by molar-refractivity contribution is 5.49. The van der Waals surface area contributed by atoms with Crippen molar-refractivity contribution in [2.45, 2.75) is 18.8 Å². The van der Waals surface area contributed by atoms with Crippen molar-refractivity contribution < 1.29 is 4.74 Å². The molecule has 3 rings (SSSR count). The fourth-order valence-corrected chi connectivity index (χ4v) is 2.80. The van der Waals surface area contributed by atoms with E-state index < -0.39 is 0 Å². The summed E-state index contributed by atoms with van der Waals surface area (Å²) < 4.78 is 5.19. The summed E-state index contributed by atoms with van der Waals surface area (Å²) in [5.41, 5.74) is 12.5. The molecule has 22 heavy (non-hydrogen) atoms. The number of aromatic nitrogens is 3. The Labute approximate surface area is 129 Å². The van der Waals surface area contributed by atoms with Crippen LogP contribution in [-0.2, 0) is 0 Å². The third-order valence-electron chi connectivity index (χ3n) is 3.98. The zero-order chi connectivity index (χ0) is 15.5. The van der Waals surface area contributed by atoms with Crippen molar-refractivity contribution in [3.63, 3.8) is 0 Å². The molecule has 116 valence electrons. The number of methoxy groups -OCH3 is 1. The van der Waals surface area contributed by atoms with E-state index in [0.717, 1.165) is 31.7 Å². The number of hydrogen-bond acceptors (Lipinski definition) is 7. The average molecular weight is 300 g/mol. The Hall–Kier alpha value is -2.57. The summed E-state index contributed by atoms with van der Waals surface area (Å²) in [6.07, 6.45) is 1.93. The lowest BCUT2D eigenvalue weighted by Gasteiger charge is -2.33. The summed E-state index contributed by atoms with van der Waals surface area (Å²) >= 11 is 0. The predicted octanol–water partition coefficient (Wildman–Crippen LogP) is 1.43. The molecule has 0 radical (unpaired) electrons. The first-order chi connectivity index (χ1) is 10.7. The first-order valence-corrected chi connectivity index (χ1v) is 7.31. The van der Waals surface area contributed by atoms with Gasteiger partial charge in [-0.15, -0.1) is 0 Å². The second kappa shape index (κ2) is 6.05. The third-order valence-corrected chi connectivity index (χ3v) is 3.98. The van der Waals surface area contributed by atoms with Crippen LogP contribution >= 0.6 is 0 Å². The molecule has 1 aliphatic rings. The highest BCUT2D eigenvalue weighted by atomic mass is 16.5. The second-order valence-corrected chi connectivity index (χ2v) is 5.37. The largest absolute Gasteiger partial charge is 0.497 e. The number of anilines is 3. The smallest absolute Gasteiger partial charge is 0.225 e. The molecule has 0 atom stereocenters. The molecule has 0 spiro atoms. The van der Waals surface area contributed by atoms with Crippen LogP contribution < -0.4 is 21.1 Å². The first kappa shape index (κ1) is 14.4. The van der Waals surface area contributed by atoms with E-state index in [0.29, 0.717) is 5.82 Å². The number of benzene rings is 1. The number of ether oxygens (including phenoxy) is 1. The van der Waals surface area contributed by atoms with Gasteiger partial charge in [-0.3, -0.25) is 0 Å². The number of hydrogen-bond donors (Lipinski definition) is 2. The summed E-state index contributed by atoms with van der Waals surface area (Å²) in [6.45, 7) is 1.89. The molecule has 0 saturated carbocycles. The van der Waals surface area contributed by atoms with E-state index in [1.807, 2.05) is 12.1 Å². The molecule has 1 fully saturated rings. The maximum absolute atomic E-state index is 5.65. The Morgan fingerprint density at radius 2 is 1.59 bits per heavy atom. The Bertz CT molecular complexity index is 617. The molecule has 1 aromatic heterocycles. The van der Waals surface area contributed by atoms with Gasteiger partial charge >= 0.3 is 0 Å². The Morgan fingerprint density at radius 3 is 2.14 bits per heavy atom. The van der Waals surface area contributed by atoms with E-state index in [1.54, 1.807) is 7.11 Å². The standard InChI is InChI=1S/C15H20N6O/c1-22-12-4-2-11(3-5-12)21-8-6-10(7-9-21)13-18-14(16)20-15(17)19-13/h2-5,10H,6-9H2,1H3,(H4,16,17,18,19,20). The van der Waals surface area contributed by atoms with Gasteiger partial charge in [0.05, 0.1) is 7.11 Å². The maximum Gasteiger partial charge on any atom is 0.225 e. The van der Waals surface area contributed by atoms with Crippen molar-refractivity contribution in [2.75, 3.05) is 36.6 Å². The Balaban J connectivity index is 1.66. The average Bonchev–Trinajstić information content (AvgIpc) is 2.54. The molecule has 1 aromatic carbocycles. The van der Waals surface area contributed by atoms with Gasteiger partial charge in [0.15, 0.2) is 0 Å². The molecule has 4 N–H and O–H groups in total. The number of nitrogens with zero attached hydrogens (tertiary/aromatic N) is 4. The molecule has 1 saturated heterocycles. The van der Waals surface area contributed by atoms with Crippen LogP contribution in [-0.4, -0.2) is 35.2 Å². The van der Waals surface area contributed by atoms with E-state index in [2.05, 4.69) is 32.0 Å². The molecular formula is C15H20N6O. The molecule has 7 heteroatoms. The van der Waals surface area contributed by atoms with Crippen LogP contribution in [0, 0.1) is 0 Å². The summed E-state index contributed by atoms with van der Waals surface area (Å²) in [4.78, 5) is 14.6. The molecule has 0 bridgehead atoms.